The molecule has 1 amide bonds. The summed E-state index contributed by atoms with van der Waals surface area (Å²) in [5.41, 5.74) is 3.06. The van der Waals surface area contributed by atoms with Crippen LogP contribution in [0.25, 0.3) is 11.3 Å². The molecule has 3 heterocycles. The Morgan fingerprint density at radius 3 is 2.62 bits per heavy atom. The molecule has 6 rings (SSSR count). The average molecular weight is 471 g/mol. The van der Waals surface area contributed by atoms with Gasteiger partial charge in [0.2, 0.25) is 24.1 Å². The first kappa shape index (κ1) is 20.5. The molecule has 0 bridgehead atoms. The van der Waals surface area contributed by atoms with Crippen molar-refractivity contribution in [2.24, 2.45) is 0 Å². The topological polar surface area (TPSA) is 86.7 Å². The van der Waals surface area contributed by atoms with E-state index in [-0.39, 0.29) is 12.7 Å². The van der Waals surface area contributed by atoms with Crippen molar-refractivity contribution in [3.05, 3.63) is 83.9 Å². The number of amides is 1. The number of anilines is 1. The van der Waals surface area contributed by atoms with E-state index in [1.807, 2.05) is 66.9 Å². The number of nitrogens with zero attached hydrogens (tertiary/aromatic N) is 4. The fraction of sp³-hybridized carbons (Fsp3) is 0.120. The molecule has 168 valence electrons. The molecule has 0 fully saturated rings. The van der Waals surface area contributed by atoms with E-state index >= 15 is 0 Å². The van der Waals surface area contributed by atoms with E-state index in [4.69, 9.17) is 14.2 Å². The van der Waals surface area contributed by atoms with Crippen LogP contribution in [0.15, 0.2) is 78.0 Å². The lowest BCUT2D eigenvalue weighted by atomic mass is 10.1. The first-order chi connectivity index (χ1) is 16.7. The third-order valence-corrected chi connectivity index (χ3v) is 6.15. The second-order valence-corrected chi connectivity index (χ2v) is 8.37. The van der Waals surface area contributed by atoms with E-state index in [1.165, 1.54) is 11.8 Å². The number of carbonyl (C=O) groups is 1. The van der Waals surface area contributed by atoms with Crippen LogP contribution < -0.4 is 19.1 Å². The Kier molecular flexibility index (Phi) is 5.03. The monoisotopic (exact) mass is 470 g/mol. The largest absolute Gasteiger partial charge is 0.454 e. The number of hydrogen-bond acceptors (Lipinski definition) is 8. The van der Waals surface area contributed by atoms with Gasteiger partial charge in [-0.2, -0.15) is 4.98 Å². The molecule has 0 spiro atoms. The Labute approximate surface area is 199 Å². The molecule has 0 radical (unpaired) electrons. The zero-order chi connectivity index (χ0) is 23.1. The molecule has 1 aromatic heterocycles. The van der Waals surface area contributed by atoms with Crippen LogP contribution in [-0.4, -0.2) is 34.1 Å². The van der Waals surface area contributed by atoms with E-state index in [2.05, 4.69) is 15.2 Å². The molecular formula is C25H18N4O4S. The minimum Gasteiger partial charge on any atom is -0.454 e. The van der Waals surface area contributed by atoms with Gasteiger partial charge in [-0.3, -0.25) is 9.69 Å². The Bertz CT molecular complexity index is 1400. The molecule has 4 aromatic rings. The van der Waals surface area contributed by atoms with Gasteiger partial charge in [0.15, 0.2) is 17.2 Å². The number of para-hydroxylation sites is 1. The van der Waals surface area contributed by atoms with E-state index in [1.54, 1.807) is 17.0 Å². The van der Waals surface area contributed by atoms with Gasteiger partial charge in [-0.1, -0.05) is 48.2 Å². The highest BCUT2D eigenvalue weighted by atomic mass is 32.2. The highest BCUT2D eigenvalue weighted by Crippen LogP contribution is 2.45. The first-order valence-corrected chi connectivity index (χ1v) is 11.8. The molecule has 0 saturated carbocycles. The van der Waals surface area contributed by atoms with Gasteiger partial charge in [-0.15, -0.1) is 10.2 Å². The molecule has 0 aliphatic carbocycles. The second-order valence-electron chi connectivity index (χ2n) is 7.59. The highest BCUT2D eigenvalue weighted by Gasteiger charge is 2.37. The normalized spacial score (nSPS) is 15.7. The van der Waals surface area contributed by atoms with Crippen LogP contribution in [0, 0.1) is 0 Å². The third-order valence-electron chi connectivity index (χ3n) is 5.62. The van der Waals surface area contributed by atoms with E-state index in [0.717, 1.165) is 0 Å². The van der Waals surface area contributed by atoms with E-state index in [0.29, 0.717) is 50.6 Å². The molecule has 0 saturated heterocycles. The number of aromatic nitrogens is 3. The van der Waals surface area contributed by atoms with Crippen LogP contribution >= 0.6 is 11.8 Å². The summed E-state index contributed by atoms with van der Waals surface area (Å²) >= 11 is 1.37. The smallest absolute Gasteiger partial charge is 0.261 e. The van der Waals surface area contributed by atoms with Crippen LogP contribution in [0.1, 0.15) is 22.1 Å². The summed E-state index contributed by atoms with van der Waals surface area (Å²) in [5.74, 6) is 1.32. The number of ether oxygens (including phenoxy) is 3. The van der Waals surface area contributed by atoms with E-state index < -0.39 is 6.23 Å². The predicted molar refractivity (Wildman–Crippen MR) is 126 cm³/mol. The molecule has 9 heteroatoms. The van der Waals surface area contributed by atoms with Gasteiger partial charge in [0.1, 0.15) is 0 Å². The Morgan fingerprint density at radius 1 is 0.971 bits per heavy atom. The van der Waals surface area contributed by atoms with Crippen LogP contribution in [0.3, 0.4) is 0 Å². The summed E-state index contributed by atoms with van der Waals surface area (Å²) < 4.78 is 17.5. The summed E-state index contributed by atoms with van der Waals surface area (Å²) in [4.78, 5) is 20.1. The van der Waals surface area contributed by atoms with Crippen molar-refractivity contribution < 1.29 is 19.0 Å². The maximum Gasteiger partial charge on any atom is 0.261 e. The van der Waals surface area contributed by atoms with Gasteiger partial charge in [-0.25, -0.2) is 0 Å². The van der Waals surface area contributed by atoms with Crippen molar-refractivity contribution in [1.82, 2.24) is 15.2 Å². The van der Waals surface area contributed by atoms with Gasteiger partial charge in [0, 0.05) is 16.7 Å². The van der Waals surface area contributed by atoms with Crippen molar-refractivity contribution in [2.75, 3.05) is 17.9 Å². The fourth-order valence-corrected chi connectivity index (χ4v) is 4.32. The van der Waals surface area contributed by atoms with Gasteiger partial charge < -0.3 is 14.2 Å². The van der Waals surface area contributed by atoms with Crippen LogP contribution in [0.5, 0.6) is 17.4 Å². The molecule has 2 aliphatic heterocycles. The lowest BCUT2D eigenvalue weighted by molar-refractivity contribution is 0.0909. The Hall–Kier alpha value is -4.11. The van der Waals surface area contributed by atoms with Gasteiger partial charge in [0.05, 0.1) is 5.69 Å². The number of hydrogen-bond donors (Lipinski definition) is 0. The van der Waals surface area contributed by atoms with Crippen molar-refractivity contribution in [3.8, 4) is 28.6 Å². The molecule has 1 atom stereocenters. The molecule has 2 aliphatic rings. The standard InChI is InChI=1S/C25H18N4O4S/c1-34-25-26-22-21(27-28-25)17-9-5-6-10-18(17)29(23(30)15-7-3-2-4-8-15)24(33-22)16-11-12-19-20(13-16)32-14-31-19/h2-13,24H,14H2,1H3/t24-/m1/s1. The van der Waals surface area contributed by atoms with E-state index in [9.17, 15) is 4.79 Å². The lowest BCUT2D eigenvalue weighted by Crippen LogP contribution is -2.37. The quantitative estimate of drug-likeness (QED) is 0.397. The van der Waals surface area contributed by atoms with Gasteiger partial charge >= 0.3 is 0 Å². The minimum atomic E-state index is -0.837. The number of carbonyl (C=O) groups excluding carboxylic acids is 1. The number of rotatable bonds is 3. The van der Waals surface area contributed by atoms with Gasteiger partial charge in [-0.05, 0) is 42.7 Å². The maximum atomic E-state index is 13.9. The van der Waals surface area contributed by atoms with Gasteiger partial charge in [0.25, 0.3) is 5.91 Å². The molecule has 8 nitrogen and oxygen atoms in total. The van der Waals surface area contributed by atoms with Crippen molar-refractivity contribution in [3.63, 3.8) is 0 Å². The molecule has 34 heavy (non-hydrogen) atoms. The lowest BCUT2D eigenvalue weighted by Gasteiger charge is -2.31. The Balaban J connectivity index is 1.58. The van der Waals surface area contributed by atoms with Crippen LogP contribution in [0.2, 0.25) is 0 Å². The highest BCUT2D eigenvalue weighted by molar-refractivity contribution is 7.98. The summed E-state index contributed by atoms with van der Waals surface area (Å²) in [7, 11) is 0. The predicted octanol–water partition coefficient (Wildman–Crippen LogP) is 4.73. The average Bonchev–Trinajstić information content (AvgIpc) is 3.31. The second kappa shape index (κ2) is 8.35. The Morgan fingerprint density at radius 2 is 1.76 bits per heavy atom. The summed E-state index contributed by atoms with van der Waals surface area (Å²) in [6.07, 6.45) is 1.03. The summed E-state index contributed by atoms with van der Waals surface area (Å²) in [5, 5.41) is 9.08. The van der Waals surface area contributed by atoms with Crippen molar-refractivity contribution in [1.29, 1.82) is 0 Å². The maximum absolute atomic E-state index is 13.9. The zero-order valence-electron chi connectivity index (χ0n) is 18.0. The van der Waals surface area contributed by atoms with Crippen LogP contribution in [-0.2, 0) is 0 Å². The van der Waals surface area contributed by atoms with Crippen molar-refractivity contribution >= 4 is 23.4 Å². The number of benzene rings is 3. The summed E-state index contributed by atoms with van der Waals surface area (Å²) in [6.45, 7) is 0.150. The third kappa shape index (κ3) is 3.41. The minimum absolute atomic E-state index is 0.150. The number of fused-ring (bicyclic) bond motifs is 4. The summed E-state index contributed by atoms with van der Waals surface area (Å²) in [6, 6.07) is 22.1. The number of thioether (sulfide) groups is 1. The van der Waals surface area contributed by atoms with Crippen LogP contribution in [0.4, 0.5) is 5.69 Å². The molecular weight excluding hydrogens is 452 g/mol. The fourth-order valence-electron chi connectivity index (χ4n) is 4.02. The van der Waals surface area contributed by atoms with Crippen molar-refractivity contribution in [2.45, 2.75) is 11.4 Å². The SMILES string of the molecule is CSc1nnc2c(n1)O[C@H](c1ccc3c(c1)OCO3)N(C(=O)c1ccccc1)c1ccccc1-2. The first-order valence-electron chi connectivity index (χ1n) is 10.6. The zero-order valence-corrected chi connectivity index (χ0v) is 18.9. The molecule has 0 N–H and O–H groups in total. The molecule has 3 aromatic carbocycles. The molecule has 0 unspecified atom stereocenters.